The molecule has 2 fully saturated rings. The minimum atomic E-state index is -0.428. The molecule has 2 saturated carbocycles. The van der Waals surface area contributed by atoms with Crippen molar-refractivity contribution in [3.05, 3.63) is 0 Å². The Bertz CT molecular complexity index is 479. The van der Waals surface area contributed by atoms with Crippen LogP contribution in [0.3, 0.4) is 0 Å². The van der Waals surface area contributed by atoms with E-state index in [-0.39, 0.29) is 22.4 Å². The van der Waals surface area contributed by atoms with Crippen LogP contribution in [0.25, 0.3) is 0 Å². The van der Waals surface area contributed by atoms with Crippen molar-refractivity contribution in [3.8, 4) is 0 Å². The molecule has 0 aromatic heterocycles. The summed E-state index contributed by atoms with van der Waals surface area (Å²) in [6.45, 7) is 6.27. The second kappa shape index (κ2) is 6.86. The maximum absolute atomic E-state index is 12.6. The van der Waals surface area contributed by atoms with E-state index in [0.717, 1.165) is 51.2 Å². The molecule has 3 heteroatoms. The van der Waals surface area contributed by atoms with Crippen LogP contribution in [0.4, 0.5) is 0 Å². The SMILES string of the molecule is CC12CCC(CCCCCCCCCC=O)(C(=O)C1=O)C2(C)C. The first-order valence-corrected chi connectivity index (χ1v) is 9.36. The second-order valence-corrected chi connectivity index (χ2v) is 8.38. The Kier molecular flexibility index (Phi) is 5.48. The molecule has 0 N–H and O–H groups in total. The van der Waals surface area contributed by atoms with Crippen molar-refractivity contribution in [2.75, 3.05) is 0 Å². The molecule has 2 bridgehead atoms. The number of hydrogen-bond donors (Lipinski definition) is 0. The summed E-state index contributed by atoms with van der Waals surface area (Å²) in [7, 11) is 0. The van der Waals surface area contributed by atoms with Gasteiger partial charge in [0.1, 0.15) is 6.29 Å². The van der Waals surface area contributed by atoms with Crippen LogP contribution in [-0.2, 0) is 14.4 Å². The smallest absolute Gasteiger partial charge is 0.205 e. The van der Waals surface area contributed by atoms with E-state index in [1.165, 1.54) is 19.3 Å². The highest BCUT2D eigenvalue weighted by atomic mass is 16.2. The van der Waals surface area contributed by atoms with Crippen LogP contribution in [0.15, 0.2) is 0 Å². The Morgan fingerprint density at radius 1 is 0.826 bits per heavy atom. The van der Waals surface area contributed by atoms with E-state index in [1.54, 1.807) is 0 Å². The molecule has 0 spiro atoms. The molecular formula is C20H32O3. The van der Waals surface area contributed by atoms with Crippen LogP contribution in [0.5, 0.6) is 0 Å². The van der Waals surface area contributed by atoms with Gasteiger partial charge in [0.2, 0.25) is 11.6 Å². The first-order valence-electron chi connectivity index (χ1n) is 9.36. The van der Waals surface area contributed by atoms with Gasteiger partial charge < -0.3 is 4.79 Å². The quantitative estimate of drug-likeness (QED) is 0.334. The predicted octanol–water partition coefficient (Wildman–Crippen LogP) is 4.66. The van der Waals surface area contributed by atoms with E-state index in [4.69, 9.17) is 0 Å². The summed E-state index contributed by atoms with van der Waals surface area (Å²) in [6, 6.07) is 0. The number of hydrogen-bond acceptors (Lipinski definition) is 3. The van der Waals surface area contributed by atoms with Crippen LogP contribution >= 0.6 is 0 Å². The van der Waals surface area contributed by atoms with Gasteiger partial charge in [0.25, 0.3) is 0 Å². The zero-order valence-electron chi connectivity index (χ0n) is 15.1. The van der Waals surface area contributed by atoms with Crippen LogP contribution in [0, 0.1) is 16.2 Å². The lowest BCUT2D eigenvalue weighted by molar-refractivity contribution is -0.143. The maximum Gasteiger partial charge on any atom is 0.205 e. The molecule has 0 aromatic rings. The van der Waals surface area contributed by atoms with Gasteiger partial charge in [-0.3, -0.25) is 9.59 Å². The number of carbonyl (C=O) groups is 3. The fourth-order valence-electron chi connectivity index (χ4n) is 4.97. The van der Waals surface area contributed by atoms with Gasteiger partial charge in [-0.1, -0.05) is 59.3 Å². The van der Waals surface area contributed by atoms with Crippen molar-refractivity contribution in [2.24, 2.45) is 16.2 Å². The minimum Gasteiger partial charge on any atom is -0.303 e. The molecule has 3 nitrogen and oxygen atoms in total. The fraction of sp³-hybridized carbons (Fsp3) is 0.850. The highest BCUT2D eigenvalue weighted by molar-refractivity contribution is 6.44. The van der Waals surface area contributed by atoms with Gasteiger partial charge in [-0.15, -0.1) is 0 Å². The van der Waals surface area contributed by atoms with Crippen LogP contribution in [-0.4, -0.2) is 17.9 Å². The van der Waals surface area contributed by atoms with Gasteiger partial charge in [0.15, 0.2) is 0 Å². The topological polar surface area (TPSA) is 51.2 Å². The standard InChI is InChI=1S/C20H32O3/c1-18(2)19(3)13-14-20(18,17(23)16(19)22)12-10-8-6-4-5-7-9-11-15-21/h15H,4-14H2,1-3H3. The van der Waals surface area contributed by atoms with Gasteiger partial charge in [-0.25, -0.2) is 0 Å². The molecule has 0 aromatic carbocycles. The first kappa shape index (κ1) is 18.4. The molecule has 2 aliphatic rings. The van der Waals surface area contributed by atoms with Gasteiger partial charge in [0.05, 0.1) is 0 Å². The Morgan fingerprint density at radius 2 is 1.39 bits per heavy atom. The van der Waals surface area contributed by atoms with Gasteiger partial charge in [-0.2, -0.15) is 0 Å². The van der Waals surface area contributed by atoms with Crippen LogP contribution < -0.4 is 0 Å². The molecule has 2 aliphatic carbocycles. The number of aldehydes is 1. The van der Waals surface area contributed by atoms with Crippen molar-refractivity contribution in [2.45, 2.75) is 91.4 Å². The van der Waals surface area contributed by atoms with Crippen molar-refractivity contribution < 1.29 is 14.4 Å². The molecule has 130 valence electrons. The number of unbranched alkanes of at least 4 members (excludes halogenated alkanes) is 7. The molecule has 0 saturated heterocycles. The zero-order valence-corrected chi connectivity index (χ0v) is 15.1. The van der Waals surface area contributed by atoms with Crippen LogP contribution in [0.2, 0.25) is 0 Å². The summed E-state index contributed by atoms with van der Waals surface area (Å²) in [4.78, 5) is 35.2. The third-order valence-corrected chi connectivity index (χ3v) is 7.20. The van der Waals surface area contributed by atoms with Crippen LogP contribution in [0.1, 0.15) is 91.4 Å². The average molecular weight is 320 g/mol. The number of ketones is 2. The molecule has 2 unspecified atom stereocenters. The van der Waals surface area contributed by atoms with E-state index < -0.39 is 5.41 Å². The summed E-state index contributed by atoms with van der Waals surface area (Å²) in [5, 5.41) is 0. The minimum absolute atomic E-state index is 0.0786. The molecule has 2 rings (SSSR count). The summed E-state index contributed by atoms with van der Waals surface area (Å²) in [5.74, 6) is -0.186. The van der Waals surface area contributed by atoms with E-state index >= 15 is 0 Å². The molecule has 0 radical (unpaired) electrons. The molecular weight excluding hydrogens is 288 g/mol. The van der Waals surface area contributed by atoms with Gasteiger partial charge >= 0.3 is 0 Å². The van der Waals surface area contributed by atoms with Gasteiger partial charge in [-0.05, 0) is 31.1 Å². The lowest BCUT2D eigenvalue weighted by atomic mass is 9.63. The van der Waals surface area contributed by atoms with E-state index in [1.807, 2.05) is 6.92 Å². The van der Waals surface area contributed by atoms with Crippen molar-refractivity contribution in [1.82, 2.24) is 0 Å². The van der Waals surface area contributed by atoms with E-state index in [9.17, 15) is 14.4 Å². The largest absolute Gasteiger partial charge is 0.303 e. The molecule has 23 heavy (non-hydrogen) atoms. The van der Waals surface area contributed by atoms with Crippen molar-refractivity contribution in [1.29, 1.82) is 0 Å². The highest BCUT2D eigenvalue weighted by Gasteiger charge is 2.74. The predicted molar refractivity (Wildman–Crippen MR) is 91.2 cm³/mol. The molecule has 0 amide bonds. The highest BCUT2D eigenvalue weighted by Crippen LogP contribution is 2.70. The summed E-state index contributed by atoms with van der Waals surface area (Å²) >= 11 is 0. The fourth-order valence-corrected chi connectivity index (χ4v) is 4.97. The number of rotatable bonds is 10. The van der Waals surface area contributed by atoms with Crippen molar-refractivity contribution >= 4 is 17.9 Å². The molecule has 0 heterocycles. The monoisotopic (exact) mass is 320 g/mol. The Morgan fingerprint density at radius 3 is 1.91 bits per heavy atom. The average Bonchev–Trinajstić information content (AvgIpc) is 2.78. The van der Waals surface area contributed by atoms with Crippen molar-refractivity contribution in [3.63, 3.8) is 0 Å². The van der Waals surface area contributed by atoms with Gasteiger partial charge in [0, 0.05) is 17.3 Å². The third-order valence-electron chi connectivity index (χ3n) is 7.20. The lowest BCUT2D eigenvalue weighted by Crippen LogP contribution is -2.37. The van der Waals surface area contributed by atoms with E-state index in [0.29, 0.717) is 6.42 Å². The summed E-state index contributed by atoms with van der Waals surface area (Å²) in [6.07, 6.45) is 12.3. The third kappa shape index (κ3) is 2.81. The maximum atomic E-state index is 12.6. The lowest BCUT2D eigenvalue weighted by Gasteiger charge is -2.38. The second-order valence-electron chi connectivity index (χ2n) is 8.38. The first-order chi connectivity index (χ1) is 10.8. The number of carbonyl (C=O) groups excluding carboxylic acids is 3. The Balaban J connectivity index is 1.76. The Labute approximate surface area is 140 Å². The summed E-state index contributed by atoms with van der Waals surface area (Å²) < 4.78 is 0. The number of fused-ring (bicyclic) bond motifs is 2. The summed E-state index contributed by atoms with van der Waals surface area (Å²) in [5.41, 5.74) is -1.01. The van der Waals surface area contributed by atoms with E-state index in [2.05, 4.69) is 13.8 Å². The zero-order chi connectivity index (χ0) is 17.1. The normalized spacial score (nSPS) is 31.8. The Hall–Kier alpha value is -0.990. The number of Topliss-reactive ketones (excluding diaryl/α,β-unsaturated/α-hetero) is 2. The molecule has 0 aliphatic heterocycles. The molecule has 2 atom stereocenters.